The highest BCUT2D eigenvalue weighted by Gasteiger charge is 2.41. The Morgan fingerprint density at radius 3 is 2.68 bits per heavy atom. The Labute approximate surface area is 108 Å². The fourth-order valence-corrected chi connectivity index (χ4v) is 1.46. The number of nitrogens with zero attached hydrogens (tertiary/aromatic N) is 2. The minimum absolute atomic E-state index is 0.209. The molecule has 0 amide bonds. The van der Waals surface area contributed by atoms with E-state index in [2.05, 4.69) is 9.84 Å². The van der Waals surface area contributed by atoms with Crippen LogP contribution in [0.3, 0.4) is 0 Å². The maximum Gasteiger partial charge on any atom is 0.330 e. The largest absolute Gasteiger partial charge is 0.373 e. The zero-order valence-corrected chi connectivity index (χ0v) is 10.5. The molecule has 8 heteroatoms. The second-order valence-corrected chi connectivity index (χ2v) is 4.25. The summed E-state index contributed by atoms with van der Waals surface area (Å²) in [5.74, 6) is -4.13. The van der Waals surface area contributed by atoms with Gasteiger partial charge >= 0.3 is 12.3 Å². The number of nitrogens with two attached hydrogens (primary N) is 1. The molecule has 0 fully saturated rings. The molecule has 0 saturated carbocycles. The van der Waals surface area contributed by atoms with Crippen molar-refractivity contribution in [2.45, 2.75) is 38.3 Å². The van der Waals surface area contributed by atoms with Crippen molar-refractivity contribution < 1.29 is 22.3 Å². The van der Waals surface area contributed by atoms with Crippen LogP contribution in [0.25, 0.3) is 0 Å². The maximum absolute atomic E-state index is 12.5. The van der Waals surface area contributed by atoms with E-state index in [9.17, 15) is 17.6 Å². The van der Waals surface area contributed by atoms with Crippen molar-refractivity contribution in [2.24, 2.45) is 5.73 Å². The van der Waals surface area contributed by atoms with Crippen LogP contribution in [0.1, 0.15) is 12.5 Å². The summed E-state index contributed by atoms with van der Waals surface area (Å²) in [7, 11) is 0. The van der Waals surface area contributed by atoms with Gasteiger partial charge in [0.1, 0.15) is 6.61 Å². The Kier molecular flexibility index (Phi) is 5.74. The molecule has 0 saturated heterocycles. The van der Waals surface area contributed by atoms with E-state index in [0.29, 0.717) is 13.0 Å². The fraction of sp³-hybridized carbons (Fsp3) is 0.727. The van der Waals surface area contributed by atoms with Gasteiger partial charge in [-0.25, -0.2) is 8.78 Å². The van der Waals surface area contributed by atoms with Crippen molar-refractivity contribution in [1.82, 2.24) is 9.78 Å². The molecular weight excluding hydrogens is 266 g/mol. The van der Waals surface area contributed by atoms with E-state index in [0.717, 1.165) is 5.56 Å². The minimum atomic E-state index is -4.13. The van der Waals surface area contributed by atoms with Crippen LogP contribution in [0.15, 0.2) is 12.4 Å². The molecule has 4 nitrogen and oxygen atoms in total. The smallest absolute Gasteiger partial charge is 0.330 e. The minimum Gasteiger partial charge on any atom is -0.373 e. The van der Waals surface area contributed by atoms with Crippen molar-refractivity contribution in [3.05, 3.63) is 18.0 Å². The summed E-state index contributed by atoms with van der Waals surface area (Å²) in [4.78, 5) is 0. The lowest BCUT2D eigenvalue weighted by molar-refractivity contribution is -0.166. The Bertz CT molecular complexity index is 384. The molecule has 1 aromatic heterocycles. The number of ether oxygens (including phenoxy) is 1. The molecule has 0 aromatic carbocycles. The first-order chi connectivity index (χ1) is 8.85. The topological polar surface area (TPSA) is 53.1 Å². The van der Waals surface area contributed by atoms with Crippen LogP contribution in [0.5, 0.6) is 0 Å². The SMILES string of the molecule is CCn1cc(CC(N)COCC(F)(F)C(F)F)cn1. The van der Waals surface area contributed by atoms with Crippen molar-refractivity contribution in [3.8, 4) is 0 Å². The van der Waals surface area contributed by atoms with Gasteiger partial charge in [-0.2, -0.15) is 13.9 Å². The Hall–Kier alpha value is -1.15. The predicted molar refractivity (Wildman–Crippen MR) is 61.4 cm³/mol. The highest BCUT2D eigenvalue weighted by molar-refractivity contribution is 5.05. The van der Waals surface area contributed by atoms with Gasteiger partial charge in [0, 0.05) is 18.8 Å². The quantitative estimate of drug-likeness (QED) is 0.739. The van der Waals surface area contributed by atoms with Crippen LogP contribution in [0, 0.1) is 0 Å². The second kappa shape index (κ2) is 6.85. The highest BCUT2D eigenvalue weighted by Crippen LogP contribution is 2.22. The number of alkyl halides is 4. The van der Waals surface area contributed by atoms with E-state index in [1.54, 1.807) is 17.1 Å². The lowest BCUT2D eigenvalue weighted by Gasteiger charge is -2.17. The van der Waals surface area contributed by atoms with E-state index in [4.69, 9.17) is 5.73 Å². The first kappa shape index (κ1) is 15.9. The van der Waals surface area contributed by atoms with Gasteiger partial charge in [-0.3, -0.25) is 4.68 Å². The molecule has 1 unspecified atom stereocenters. The summed E-state index contributed by atoms with van der Waals surface area (Å²) in [5, 5.41) is 4.03. The fourth-order valence-electron chi connectivity index (χ4n) is 1.46. The number of aryl methyl sites for hydroxylation is 1. The number of hydrogen-bond donors (Lipinski definition) is 1. The van der Waals surface area contributed by atoms with Gasteiger partial charge in [-0.15, -0.1) is 0 Å². The summed E-state index contributed by atoms with van der Waals surface area (Å²) in [6.07, 6.45) is 0.0665. The molecule has 1 atom stereocenters. The molecule has 1 heterocycles. The zero-order valence-electron chi connectivity index (χ0n) is 10.5. The summed E-state index contributed by atoms with van der Waals surface area (Å²) < 4.78 is 55.0. The average Bonchev–Trinajstić information content (AvgIpc) is 2.76. The predicted octanol–water partition coefficient (Wildman–Crippen LogP) is 1.69. The third kappa shape index (κ3) is 5.15. The lowest BCUT2D eigenvalue weighted by atomic mass is 10.1. The van der Waals surface area contributed by atoms with Crippen molar-refractivity contribution >= 4 is 0 Å². The van der Waals surface area contributed by atoms with Gasteiger partial charge in [0.15, 0.2) is 0 Å². The molecule has 0 radical (unpaired) electrons. The van der Waals surface area contributed by atoms with E-state index in [1.807, 2.05) is 6.92 Å². The molecule has 0 spiro atoms. The van der Waals surface area contributed by atoms with E-state index in [1.165, 1.54) is 0 Å². The van der Waals surface area contributed by atoms with E-state index < -0.39 is 25.0 Å². The van der Waals surface area contributed by atoms with Crippen LogP contribution in [-0.2, 0) is 17.7 Å². The molecule has 0 aliphatic heterocycles. The molecular formula is C11H17F4N3O. The Morgan fingerprint density at radius 1 is 1.47 bits per heavy atom. The van der Waals surface area contributed by atoms with Gasteiger partial charge in [-0.1, -0.05) is 0 Å². The summed E-state index contributed by atoms with van der Waals surface area (Å²) in [6.45, 7) is 1.10. The number of rotatable bonds is 8. The zero-order chi connectivity index (χ0) is 14.5. The first-order valence-corrected chi connectivity index (χ1v) is 5.85. The number of halogens is 4. The standard InChI is InChI=1S/C11H17F4N3O/c1-2-18-5-8(4-17-18)3-9(16)6-19-7-11(14,15)10(12)13/h4-5,9-10H,2-3,6-7,16H2,1H3. The normalized spacial score (nSPS) is 14.1. The monoisotopic (exact) mass is 283 g/mol. The number of aromatic nitrogens is 2. The van der Waals surface area contributed by atoms with Crippen molar-refractivity contribution in [1.29, 1.82) is 0 Å². The molecule has 0 aliphatic rings. The van der Waals surface area contributed by atoms with E-state index >= 15 is 0 Å². The Balaban J connectivity index is 2.30. The van der Waals surface area contributed by atoms with Crippen LogP contribution < -0.4 is 5.73 Å². The molecule has 19 heavy (non-hydrogen) atoms. The van der Waals surface area contributed by atoms with Gasteiger partial charge in [0.05, 0.1) is 12.8 Å². The van der Waals surface area contributed by atoms with Gasteiger partial charge in [-0.05, 0) is 18.9 Å². The molecule has 0 aliphatic carbocycles. The summed E-state index contributed by atoms with van der Waals surface area (Å²) >= 11 is 0. The molecule has 2 N–H and O–H groups in total. The summed E-state index contributed by atoms with van der Waals surface area (Å²) in [6, 6.07) is -0.539. The third-order valence-electron chi connectivity index (χ3n) is 2.45. The average molecular weight is 283 g/mol. The van der Waals surface area contributed by atoms with Crippen molar-refractivity contribution in [3.63, 3.8) is 0 Å². The molecule has 0 bridgehead atoms. The Morgan fingerprint density at radius 2 is 2.16 bits per heavy atom. The van der Waals surface area contributed by atoms with Crippen LogP contribution in [-0.4, -0.2) is 41.4 Å². The van der Waals surface area contributed by atoms with Crippen molar-refractivity contribution in [2.75, 3.05) is 13.2 Å². The van der Waals surface area contributed by atoms with Gasteiger partial charge in [0.25, 0.3) is 0 Å². The highest BCUT2D eigenvalue weighted by atomic mass is 19.3. The van der Waals surface area contributed by atoms with Crippen LogP contribution in [0.2, 0.25) is 0 Å². The van der Waals surface area contributed by atoms with Crippen LogP contribution >= 0.6 is 0 Å². The summed E-state index contributed by atoms with van der Waals surface area (Å²) in [5.41, 5.74) is 6.51. The second-order valence-electron chi connectivity index (χ2n) is 4.25. The third-order valence-corrected chi connectivity index (χ3v) is 2.45. The maximum atomic E-state index is 12.5. The molecule has 110 valence electrons. The van der Waals surface area contributed by atoms with E-state index in [-0.39, 0.29) is 6.61 Å². The lowest BCUT2D eigenvalue weighted by Crippen LogP contribution is -2.36. The molecule has 1 aromatic rings. The van der Waals surface area contributed by atoms with Gasteiger partial charge < -0.3 is 10.5 Å². The van der Waals surface area contributed by atoms with Gasteiger partial charge in [0.2, 0.25) is 0 Å². The first-order valence-electron chi connectivity index (χ1n) is 5.85. The van der Waals surface area contributed by atoms with Crippen LogP contribution in [0.4, 0.5) is 17.6 Å². The molecule has 1 rings (SSSR count). The number of hydrogen-bond acceptors (Lipinski definition) is 3.